The molecule has 0 radical (unpaired) electrons. The molecule has 0 bridgehead atoms. The Kier molecular flexibility index (Phi) is 3.21. The van der Waals surface area contributed by atoms with E-state index in [1.165, 1.54) is 0 Å². The maximum absolute atomic E-state index is 11.0. The second-order valence-corrected chi connectivity index (χ2v) is 4.40. The molecule has 1 aromatic carbocycles. The average molecular weight is 268 g/mol. The minimum absolute atomic E-state index is 0.0163. The highest BCUT2D eigenvalue weighted by molar-refractivity contribution is 7.11. The van der Waals surface area contributed by atoms with E-state index < -0.39 is 11.2 Å². The van der Waals surface area contributed by atoms with Crippen molar-refractivity contribution in [2.45, 2.75) is 0 Å². The zero-order valence-corrected chi connectivity index (χ0v) is 9.96. The summed E-state index contributed by atoms with van der Waals surface area (Å²) in [5.74, 6) is -1.06. The average Bonchev–Trinajstić information content (AvgIpc) is 2.78. The van der Waals surface area contributed by atoms with Gasteiger partial charge in [-0.1, -0.05) is 18.2 Å². The molecule has 17 heavy (non-hydrogen) atoms. The van der Waals surface area contributed by atoms with Crippen LogP contribution in [0, 0.1) is 0 Å². The van der Waals surface area contributed by atoms with Gasteiger partial charge >= 0.3 is 5.97 Å². The van der Waals surface area contributed by atoms with Crippen molar-refractivity contribution in [3.05, 3.63) is 40.2 Å². The highest BCUT2D eigenvalue weighted by atomic mass is 35.5. The predicted octanol–water partition coefficient (Wildman–Crippen LogP) is 2.89. The SMILES string of the molecule is O=C(Cl)c1cccc(-c2csc(C(=O)O)n2)c1. The van der Waals surface area contributed by atoms with Gasteiger partial charge in [0, 0.05) is 16.5 Å². The number of carboxylic acid groups (broad SMARTS) is 1. The summed E-state index contributed by atoms with van der Waals surface area (Å²) in [5, 5.41) is 9.85. The first-order valence-corrected chi connectivity index (χ1v) is 5.83. The zero-order valence-electron chi connectivity index (χ0n) is 8.38. The van der Waals surface area contributed by atoms with Crippen molar-refractivity contribution in [2.24, 2.45) is 0 Å². The molecule has 2 aromatic rings. The number of carbonyl (C=O) groups excluding carboxylic acids is 1. The minimum Gasteiger partial charge on any atom is -0.476 e. The number of thiazole rings is 1. The number of aromatic carboxylic acids is 1. The van der Waals surface area contributed by atoms with Crippen LogP contribution in [0.4, 0.5) is 0 Å². The third-order valence-electron chi connectivity index (χ3n) is 2.07. The topological polar surface area (TPSA) is 67.3 Å². The maximum atomic E-state index is 11.0. The molecule has 0 saturated carbocycles. The minimum atomic E-state index is -1.06. The standard InChI is InChI=1S/C11H6ClNO3S/c12-9(14)7-3-1-2-6(4-7)8-5-17-10(13-8)11(15)16/h1-5H,(H,15,16). The molecule has 86 valence electrons. The van der Waals surface area contributed by atoms with Gasteiger partial charge in [0.15, 0.2) is 0 Å². The molecule has 6 heteroatoms. The summed E-state index contributed by atoms with van der Waals surface area (Å²) in [6, 6.07) is 6.58. The van der Waals surface area contributed by atoms with E-state index in [4.69, 9.17) is 16.7 Å². The Balaban J connectivity index is 2.42. The van der Waals surface area contributed by atoms with Crippen molar-refractivity contribution in [1.82, 2.24) is 4.98 Å². The normalized spacial score (nSPS) is 10.2. The lowest BCUT2D eigenvalue weighted by Gasteiger charge is -1.98. The molecule has 0 amide bonds. The smallest absolute Gasteiger partial charge is 0.365 e. The molecular formula is C11H6ClNO3S. The van der Waals surface area contributed by atoms with Crippen LogP contribution in [0.1, 0.15) is 20.2 Å². The number of benzene rings is 1. The fourth-order valence-corrected chi connectivity index (χ4v) is 2.09. The molecule has 4 nitrogen and oxygen atoms in total. The number of rotatable bonds is 3. The van der Waals surface area contributed by atoms with Crippen LogP contribution >= 0.6 is 22.9 Å². The van der Waals surface area contributed by atoms with Crippen LogP contribution in [0.25, 0.3) is 11.3 Å². The summed E-state index contributed by atoms with van der Waals surface area (Å²) in [6.07, 6.45) is 0. The van der Waals surface area contributed by atoms with E-state index in [9.17, 15) is 9.59 Å². The summed E-state index contributed by atoms with van der Waals surface area (Å²) < 4.78 is 0. The van der Waals surface area contributed by atoms with Gasteiger partial charge in [0.2, 0.25) is 5.01 Å². The third kappa shape index (κ3) is 2.51. The van der Waals surface area contributed by atoms with Crippen LogP contribution in [0.2, 0.25) is 0 Å². The van der Waals surface area contributed by atoms with Gasteiger partial charge in [0.1, 0.15) is 0 Å². The molecule has 0 saturated heterocycles. The molecule has 0 aliphatic heterocycles. The Morgan fingerprint density at radius 1 is 1.35 bits per heavy atom. The molecule has 1 aromatic heterocycles. The number of carbonyl (C=O) groups is 2. The molecule has 0 spiro atoms. The molecule has 2 rings (SSSR count). The molecular weight excluding hydrogens is 262 g/mol. The number of aromatic nitrogens is 1. The van der Waals surface area contributed by atoms with Crippen molar-refractivity contribution in [3.8, 4) is 11.3 Å². The summed E-state index contributed by atoms with van der Waals surface area (Å²) in [7, 11) is 0. The van der Waals surface area contributed by atoms with E-state index >= 15 is 0 Å². The van der Waals surface area contributed by atoms with Crippen LogP contribution in [-0.2, 0) is 0 Å². The number of hydrogen-bond donors (Lipinski definition) is 1. The van der Waals surface area contributed by atoms with Gasteiger partial charge in [-0.15, -0.1) is 11.3 Å². The fourth-order valence-electron chi connectivity index (χ4n) is 1.31. The lowest BCUT2D eigenvalue weighted by Crippen LogP contribution is -1.94. The van der Waals surface area contributed by atoms with Crippen LogP contribution in [-0.4, -0.2) is 21.3 Å². The lowest BCUT2D eigenvalue weighted by atomic mass is 10.1. The molecule has 0 atom stereocenters. The quantitative estimate of drug-likeness (QED) is 0.869. The van der Waals surface area contributed by atoms with Gasteiger partial charge in [0.25, 0.3) is 5.24 Å². The number of carboxylic acids is 1. The van der Waals surface area contributed by atoms with E-state index in [1.807, 2.05) is 0 Å². The highest BCUT2D eigenvalue weighted by Crippen LogP contribution is 2.23. The first-order valence-electron chi connectivity index (χ1n) is 4.57. The summed E-state index contributed by atoms with van der Waals surface area (Å²) >= 11 is 6.41. The van der Waals surface area contributed by atoms with Gasteiger partial charge in [0.05, 0.1) is 5.69 Å². The Hall–Kier alpha value is -1.72. The summed E-state index contributed by atoms with van der Waals surface area (Å²) in [5.41, 5.74) is 1.54. The molecule has 0 unspecified atom stereocenters. The molecule has 1 N–H and O–H groups in total. The summed E-state index contributed by atoms with van der Waals surface area (Å²) in [4.78, 5) is 25.6. The Labute approximate surface area is 105 Å². The maximum Gasteiger partial charge on any atom is 0.365 e. The van der Waals surface area contributed by atoms with E-state index in [0.717, 1.165) is 11.3 Å². The molecule has 0 fully saturated rings. The Morgan fingerprint density at radius 3 is 2.71 bits per heavy atom. The van der Waals surface area contributed by atoms with Crippen molar-refractivity contribution in [1.29, 1.82) is 0 Å². The van der Waals surface area contributed by atoms with Gasteiger partial charge in [-0.25, -0.2) is 9.78 Å². The van der Waals surface area contributed by atoms with Crippen LogP contribution in [0.5, 0.6) is 0 Å². The Bertz CT molecular complexity index is 594. The number of halogens is 1. The second-order valence-electron chi connectivity index (χ2n) is 3.20. The van der Waals surface area contributed by atoms with Gasteiger partial charge < -0.3 is 5.11 Å². The number of nitrogens with zero attached hydrogens (tertiary/aromatic N) is 1. The van der Waals surface area contributed by atoms with Gasteiger partial charge in [-0.3, -0.25) is 4.79 Å². The van der Waals surface area contributed by atoms with Crippen molar-refractivity contribution in [2.75, 3.05) is 0 Å². The second kappa shape index (κ2) is 4.65. The first-order chi connectivity index (χ1) is 8.08. The largest absolute Gasteiger partial charge is 0.476 e. The van der Waals surface area contributed by atoms with Crippen LogP contribution in [0.3, 0.4) is 0 Å². The summed E-state index contributed by atoms with van der Waals surface area (Å²) in [6.45, 7) is 0. The van der Waals surface area contributed by atoms with E-state index in [0.29, 0.717) is 16.8 Å². The zero-order chi connectivity index (χ0) is 12.4. The van der Waals surface area contributed by atoms with Gasteiger partial charge in [-0.2, -0.15) is 0 Å². The molecule has 0 aliphatic rings. The van der Waals surface area contributed by atoms with E-state index in [-0.39, 0.29) is 5.01 Å². The Morgan fingerprint density at radius 2 is 2.12 bits per heavy atom. The molecule has 0 aliphatic carbocycles. The lowest BCUT2D eigenvalue weighted by molar-refractivity contribution is 0.0696. The van der Waals surface area contributed by atoms with E-state index in [2.05, 4.69) is 4.98 Å². The van der Waals surface area contributed by atoms with E-state index in [1.54, 1.807) is 29.6 Å². The van der Waals surface area contributed by atoms with Gasteiger partial charge in [-0.05, 0) is 17.7 Å². The predicted molar refractivity (Wildman–Crippen MR) is 64.7 cm³/mol. The van der Waals surface area contributed by atoms with Crippen molar-refractivity contribution < 1.29 is 14.7 Å². The van der Waals surface area contributed by atoms with Crippen LogP contribution in [0.15, 0.2) is 29.6 Å². The fraction of sp³-hybridized carbons (Fsp3) is 0. The monoisotopic (exact) mass is 267 g/mol. The van der Waals surface area contributed by atoms with Crippen molar-refractivity contribution in [3.63, 3.8) is 0 Å². The third-order valence-corrected chi connectivity index (χ3v) is 3.12. The first kappa shape index (κ1) is 11.8. The number of hydrogen-bond acceptors (Lipinski definition) is 4. The highest BCUT2D eigenvalue weighted by Gasteiger charge is 2.11. The van der Waals surface area contributed by atoms with Crippen molar-refractivity contribution >= 4 is 34.1 Å². The van der Waals surface area contributed by atoms with Crippen LogP contribution < -0.4 is 0 Å². The molecule has 1 heterocycles.